The molecule has 0 spiro atoms. The number of aromatic nitrogens is 4. The smallest absolute Gasteiger partial charge is 0.222 e. The van der Waals surface area contributed by atoms with Gasteiger partial charge in [-0.15, -0.1) is 0 Å². The van der Waals surface area contributed by atoms with Gasteiger partial charge in [-0.05, 0) is 30.7 Å². The van der Waals surface area contributed by atoms with Gasteiger partial charge in [-0.25, -0.2) is 19.9 Å². The topological polar surface area (TPSA) is 86.8 Å². The minimum atomic E-state index is 0.282. The SMILES string of the molecule is CCCc1nc(N)nc2ccc(-c3cccnc3OC)nc12. The molecule has 22 heavy (non-hydrogen) atoms. The van der Waals surface area contributed by atoms with Crippen LogP contribution in [-0.2, 0) is 6.42 Å². The minimum Gasteiger partial charge on any atom is -0.481 e. The van der Waals surface area contributed by atoms with Crippen LogP contribution < -0.4 is 10.5 Å². The number of fused-ring (bicyclic) bond motifs is 1. The van der Waals surface area contributed by atoms with Gasteiger partial charge in [0.05, 0.1) is 29.6 Å². The first-order valence-electron chi connectivity index (χ1n) is 7.15. The lowest BCUT2D eigenvalue weighted by Crippen LogP contribution is -2.03. The molecule has 0 aliphatic carbocycles. The zero-order valence-electron chi connectivity index (χ0n) is 12.6. The van der Waals surface area contributed by atoms with E-state index in [1.165, 1.54) is 0 Å². The molecule has 0 bridgehead atoms. The highest BCUT2D eigenvalue weighted by molar-refractivity contribution is 5.81. The van der Waals surface area contributed by atoms with E-state index in [2.05, 4.69) is 21.9 Å². The van der Waals surface area contributed by atoms with Gasteiger partial charge in [-0.2, -0.15) is 0 Å². The van der Waals surface area contributed by atoms with Crippen LogP contribution in [0.25, 0.3) is 22.3 Å². The molecule has 3 aromatic rings. The van der Waals surface area contributed by atoms with Gasteiger partial charge in [0, 0.05) is 6.20 Å². The first-order chi connectivity index (χ1) is 10.7. The number of ether oxygens (including phenoxy) is 1. The Morgan fingerprint density at radius 3 is 2.77 bits per heavy atom. The molecule has 6 nitrogen and oxygen atoms in total. The molecule has 0 fully saturated rings. The quantitative estimate of drug-likeness (QED) is 0.796. The number of methoxy groups -OCH3 is 1. The van der Waals surface area contributed by atoms with Crippen LogP contribution >= 0.6 is 0 Å². The third kappa shape index (κ3) is 2.55. The third-order valence-corrected chi connectivity index (χ3v) is 3.36. The molecule has 3 heterocycles. The van der Waals surface area contributed by atoms with E-state index < -0.39 is 0 Å². The second kappa shape index (κ2) is 5.93. The monoisotopic (exact) mass is 295 g/mol. The van der Waals surface area contributed by atoms with Gasteiger partial charge in [0.1, 0.15) is 5.52 Å². The van der Waals surface area contributed by atoms with Gasteiger partial charge in [-0.1, -0.05) is 13.3 Å². The molecule has 0 saturated carbocycles. The molecule has 0 unspecified atom stereocenters. The normalized spacial score (nSPS) is 10.8. The summed E-state index contributed by atoms with van der Waals surface area (Å²) in [5.41, 5.74) is 9.79. The Morgan fingerprint density at radius 2 is 2.00 bits per heavy atom. The van der Waals surface area contributed by atoms with Gasteiger partial charge >= 0.3 is 0 Å². The lowest BCUT2D eigenvalue weighted by atomic mass is 10.1. The predicted molar refractivity (Wildman–Crippen MR) is 85.5 cm³/mol. The summed E-state index contributed by atoms with van der Waals surface area (Å²) in [7, 11) is 1.60. The molecule has 0 amide bonds. The fraction of sp³-hybridized carbons (Fsp3) is 0.250. The third-order valence-electron chi connectivity index (χ3n) is 3.36. The Balaban J connectivity index is 2.20. The number of hydrogen-bond acceptors (Lipinski definition) is 6. The molecular formula is C16H17N5O. The van der Waals surface area contributed by atoms with Gasteiger partial charge in [0.25, 0.3) is 0 Å². The Bertz CT molecular complexity index is 819. The summed E-state index contributed by atoms with van der Waals surface area (Å²) >= 11 is 0. The zero-order valence-corrected chi connectivity index (χ0v) is 12.6. The first-order valence-corrected chi connectivity index (χ1v) is 7.15. The molecule has 0 radical (unpaired) electrons. The maximum absolute atomic E-state index is 5.77. The zero-order chi connectivity index (χ0) is 15.5. The van der Waals surface area contributed by atoms with E-state index in [4.69, 9.17) is 15.5 Å². The number of nitrogens with two attached hydrogens (primary N) is 1. The van der Waals surface area contributed by atoms with Crippen LogP contribution in [0.3, 0.4) is 0 Å². The van der Waals surface area contributed by atoms with Crippen molar-refractivity contribution in [2.75, 3.05) is 12.8 Å². The van der Waals surface area contributed by atoms with Crippen molar-refractivity contribution in [2.45, 2.75) is 19.8 Å². The fourth-order valence-corrected chi connectivity index (χ4v) is 2.40. The number of rotatable bonds is 4. The fourth-order valence-electron chi connectivity index (χ4n) is 2.40. The van der Waals surface area contributed by atoms with Gasteiger partial charge in [0.15, 0.2) is 0 Å². The summed E-state index contributed by atoms with van der Waals surface area (Å²) in [6.07, 6.45) is 3.47. The number of aryl methyl sites for hydroxylation is 1. The lowest BCUT2D eigenvalue weighted by Gasteiger charge is -2.09. The molecule has 112 valence electrons. The molecule has 0 aliphatic heterocycles. The summed E-state index contributed by atoms with van der Waals surface area (Å²) in [5.74, 6) is 0.826. The van der Waals surface area contributed by atoms with E-state index in [0.29, 0.717) is 5.88 Å². The average molecular weight is 295 g/mol. The van der Waals surface area contributed by atoms with E-state index in [-0.39, 0.29) is 5.95 Å². The van der Waals surface area contributed by atoms with Crippen molar-refractivity contribution in [3.05, 3.63) is 36.2 Å². The minimum absolute atomic E-state index is 0.282. The van der Waals surface area contributed by atoms with Crippen molar-refractivity contribution >= 4 is 17.0 Å². The number of anilines is 1. The summed E-state index contributed by atoms with van der Waals surface area (Å²) < 4.78 is 5.31. The van der Waals surface area contributed by atoms with Crippen molar-refractivity contribution in [2.24, 2.45) is 0 Å². The number of nitrogens with zero attached hydrogens (tertiary/aromatic N) is 4. The Kier molecular flexibility index (Phi) is 3.82. The predicted octanol–water partition coefficient (Wildman–Crippen LogP) is 2.63. The van der Waals surface area contributed by atoms with Gasteiger partial charge < -0.3 is 10.5 Å². The first kappa shape index (κ1) is 14.2. The van der Waals surface area contributed by atoms with Crippen LogP contribution in [0.4, 0.5) is 5.95 Å². The number of nitrogen functional groups attached to an aromatic ring is 1. The highest BCUT2D eigenvalue weighted by Gasteiger charge is 2.12. The van der Waals surface area contributed by atoms with Crippen LogP contribution in [-0.4, -0.2) is 27.0 Å². The van der Waals surface area contributed by atoms with Crippen molar-refractivity contribution in [3.8, 4) is 17.1 Å². The summed E-state index contributed by atoms with van der Waals surface area (Å²) in [6, 6.07) is 7.58. The van der Waals surface area contributed by atoms with Crippen LogP contribution in [0.1, 0.15) is 19.0 Å². The molecule has 3 rings (SSSR count). The van der Waals surface area contributed by atoms with E-state index in [1.54, 1.807) is 13.3 Å². The lowest BCUT2D eigenvalue weighted by molar-refractivity contribution is 0.399. The van der Waals surface area contributed by atoms with Crippen molar-refractivity contribution in [1.82, 2.24) is 19.9 Å². The highest BCUT2D eigenvalue weighted by Crippen LogP contribution is 2.28. The summed E-state index contributed by atoms with van der Waals surface area (Å²) in [5, 5.41) is 0. The Morgan fingerprint density at radius 1 is 1.14 bits per heavy atom. The molecule has 3 aromatic heterocycles. The van der Waals surface area contributed by atoms with Crippen molar-refractivity contribution in [3.63, 3.8) is 0 Å². The standard InChI is InChI=1S/C16H17N5O/c1-3-5-12-14-13(21-16(17)20-12)8-7-11(19-14)10-6-4-9-18-15(10)22-2/h4,6-9H,3,5H2,1-2H3,(H2,17,20,21). The van der Waals surface area contributed by atoms with E-state index in [1.807, 2.05) is 24.3 Å². The molecule has 6 heteroatoms. The number of hydrogen-bond donors (Lipinski definition) is 1. The maximum Gasteiger partial charge on any atom is 0.222 e. The number of pyridine rings is 2. The molecule has 0 atom stereocenters. The maximum atomic E-state index is 5.77. The van der Waals surface area contributed by atoms with E-state index >= 15 is 0 Å². The molecular weight excluding hydrogens is 278 g/mol. The molecule has 0 aliphatic rings. The molecule has 2 N–H and O–H groups in total. The Labute approximate surface area is 128 Å². The van der Waals surface area contributed by atoms with Crippen LogP contribution in [0.5, 0.6) is 5.88 Å². The van der Waals surface area contributed by atoms with Crippen LogP contribution in [0.2, 0.25) is 0 Å². The van der Waals surface area contributed by atoms with E-state index in [9.17, 15) is 0 Å². The highest BCUT2D eigenvalue weighted by atomic mass is 16.5. The van der Waals surface area contributed by atoms with Gasteiger partial charge in [0.2, 0.25) is 11.8 Å². The largest absolute Gasteiger partial charge is 0.481 e. The Hall–Kier alpha value is -2.76. The van der Waals surface area contributed by atoms with Crippen molar-refractivity contribution in [1.29, 1.82) is 0 Å². The van der Waals surface area contributed by atoms with Gasteiger partial charge in [-0.3, -0.25) is 0 Å². The van der Waals surface area contributed by atoms with Crippen molar-refractivity contribution < 1.29 is 4.74 Å². The second-order valence-corrected chi connectivity index (χ2v) is 4.90. The molecule has 0 saturated heterocycles. The second-order valence-electron chi connectivity index (χ2n) is 4.90. The summed E-state index contributed by atoms with van der Waals surface area (Å²) in [4.78, 5) is 17.5. The van der Waals surface area contributed by atoms with Crippen LogP contribution in [0.15, 0.2) is 30.5 Å². The molecule has 0 aromatic carbocycles. The average Bonchev–Trinajstić information content (AvgIpc) is 2.54. The van der Waals surface area contributed by atoms with E-state index in [0.717, 1.165) is 40.8 Å². The van der Waals surface area contributed by atoms with Crippen LogP contribution in [0, 0.1) is 0 Å². The summed E-state index contributed by atoms with van der Waals surface area (Å²) in [6.45, 7) is 2.10.